The Balaban J connectivity index is 1.76. The van der Waals surface area contributed by atoms with Crippen molar-refractivity contribution in [3.63, 3.8) is 0 Å². The number of hydrogen-bond donors (Lipinski definition) is 2. The summed E-state index contributed by atoms with van der Waals surface area (Å²) in [5.41, 5.74) is 1.04. The minimum atomic E-state index is 0.0370. The second-order valence-electron chi connectivity index (χ2n) is 4.91. The molecular weight excluding hydrogens is 272 g/mol. The van der Waals surface area contributed by atoms with E-state index in [1.807, 2.05) is 25.1 Å². The van der Waals surface area contributed by atoms with Gasteiger partial charge in [-0.1, -0.05) is 12.1 Å². The fourth-order valence-corrected chi connectivity index (χ4v) is 3.05. The van der Waals surface area contributed by atoms with Crippen LogP contribution in [0, 0.1) is 0 Å². The first-order valence-electron chi connectivity index (χ1n) is 6.93. The summed E-state index contributed by atoms with van der Waals surface area (Å²) >= 11 is 1.70. The monoisotopic (exact) mass is 292 g/mol. The molecule has 1 unspecified atom stereocenters. The highest BCUT2D eigenvalue weighted by molar-refractivity contribution is 7.18. The molecule has 1 aromatic carbocycles. The molecule has 2 aromatic rings. The number of thiazole rings is 1. The highest BCUT2D eigenvalue weighted by atomic mass is 32.1. The number of aromatic nitrogens is 1. The Labute approximate surface area is 122 Å². The van der Waals surface area contributed by atoms with Crippen LogP contribution in [0.25, 0.3) is 10.2 Å². The third-order valence-corrected chi connectivity index (χ3v) is 4.20. The molecule has 0 saturated carbocycles. The van der Waals surface area contributed by atoms with E-state index in [2.05, 4.69) is 16.4 Å². The lowest BCUT2D eigenvalue weighted by Gasteiger charge is -2.11. The maximum absolute atomic E-state index is 11.7. The second kappa shape index (κ2) is 7.36. The van der Waals surface area contributed by atoms with Crippen molar-refractivity contribution in [1.29, 1.82) is 0 Å². The summed E-state index contributed by atoms with van der Waals surface area (Å²) in [6, 6.07) is 8.12. The van der Waals surface area contributed by atoms with Crippen LogP contribution in [0.15, 0.2) is 24.3 Å². The number of amides is 1. The molecule has 1 amide bonds. The number of carbonyl (C=O) groups is 1. The predicted molar refractivity (Wildman–Crippen MR) is 81.9 cm³/mol. The van der Waals surface area contributed by atoms with Gasteiger partial charge in [0.15, 0.2) is 0 Å². The van der Waals surface area contributed by atoms with Crippen LogP contribution in [0.5, 0.6) is 0 Å². The third-order valence-electron chi connectivity index (χ3n) is 3.10. The van der Waals surface area contributed by atoms with Crippen LogP contribution in [-0.4, -0.2) is 28.6 Å². The molecule has 0 bridgehead atoms. The summed E-state index contributed by atoms with van der Waals surface area (Å²) in [4.78, 5) is 16.2. The number of carbonyl (C=O) groups excluding carboxylic acids is 1. The van der Waals surface area contributed by atoms with E-state index in [0.717, 1.165) is 23.4 Å². The Morgan fingerprint density at radius 1 is 1.45 bits per heavy atom. The molecule has 2 rings (SSSR count). The summed E-state index contributed by atoms with van der Waals surface area (Å²) in [5, 5.41) is 12.7. The van der Waals surface area contributed by atoms with Crippen LogP contribution >= 0.6 is 11.3 Å². The average Bonchev–Trinajstić information content (AvgIpc) is 2.81. The van der Waals surface area contributed by atoms with Crippen molar-refractivity contribution in [1.82, 2.24) is 10.3 Å². The number of fused-ring (bicyclic) bond motifs is 1. The Morgan fingerprint density at radius 3 is 3.00 bits per heavy atom. The van der Waals surface area contributed by atoms with Gasteiger partial charge in [-0.2, -0.15) is 0 Å². The summed E-state index contributed by atoms with van der Waals surface area (Å²) in [7, 11) is 0. The largest absolute Gasteiger partial charge is 0.396 e. The molecule has 20 heavy (non-hydrogen) atoms. The zero-order chi connectivity index (χ0) is 14.4. The maximum atomic E-state index is 11.7. The normalized spacial score (nSPS) is 12.5. The highest BCUT2D eigenvalue weighted by Crippen LogP contribution is 2.22. The minimum absolute atomic E-state index is 0.0370. The first-order valence-corrected chi connectivity index (χ1v) is 7.75. The molecule has 1 atom stereocenters. The molecule has 4 nitrogen and oxygen atoms in total. The fraction of sp³-hybridized carbons (Fsp3) is 0.467. The van der Waals surface area contributed by atoms with E-state index >= 15 is 0 Å². The Morgan fingerprint density at radius 2 is 2.25 bits per heavy atom. The lowest BCUT2D eigenvalue weighted by molar-refractivity contribution is -0.121. The minimum Gasteiger partial charge on any atom is -0.396 e. The van der Waals surface area contributed by atoms with Gasteiger partial charge in [0.1, 0.15) is 0 Å². The molecular formula is C15H20N2O2S. The van der Waals surface area contributed by atoms with Crippen molar-refractivity contribution < 1.29 is 9.90 Å². The summed E-state index contributed by atoms with van der Waals surface area (Å²) in [5.74, 6) is 0.0482. The second-order valence-corrected chi connectivity index (χ2v) is 6.02. The highest BCUT2D eigenvalue weighted by Gasteiger charge is 2.08. The smallest absolute Gasteiger partial charge is 0.220 e. The fourth-order valence-electron chi connectivity index (χ4n) is 2.04. The van der Waals surface area contributed by atoms with Gasteiger partial charge in [0, 0.05) is 19.1 Å². The standard InChI is InChI=1S/C15H20N2O2S/c1-11(9-10-18)16-14(19)7-4-8-15-17-12-5-2-3-6-13(12)20-15/h2-3,5-6,11,18H,4,7-10H2,1H3,(H,16,19). The van der Waals surface area contributed by atoms with Crippen molar-refractivity contribution in [2.75, 3.05) is 6.61 Å². The molecule has 0 spiro atoms. The molecule has 0 aliphatic carbocycles. The van der Waals surface area contributed by atoms with Gasteiger partial charge in [-0.25, -0.2) is 4.98 Å². The molecule has 5 heteroatoms. The van der Waals surface area contributed by atoms with Crippen LogP contribution in [-0.2, 0) is 11.2 Å². The van der Waals surface area contributed by atoms with Crippen molar-refractivity contribution in [3.05, 3.63) is 29.3 Å². The summed E-state index contributed by atoms with van der Waals surface area (Å²) < 4.78 is 1.20. The average molecular weight is 292 g/mol. The quantitative estimate of drug-likeness (QED) is 0.824. The molecule has 0 aliphatic rings. The van der Waals surface area contributed by atoms with Crippen LogP contribution in [0.3, 0.4) is 0 Å². The molecule has 2 N–H and O–H groups in total. The van der Waals surface area contributed by atoms with Gasteiger partial charge in [0.2, 0.25) is 5.91 Å². The topological polar surface area (TPSA) is 62.2 Å². The first kappa shape index (κ1) is 14.9. The SMILES string of the molecule is CC(CCO)NC(=O)CCCc1nc2ccccc2s1. The Bertz CT molecular complexity index is 535. The zero-order valence-electron chi connectivity index (χ0n) is 11.6. The van der Waals surface area contributed by atoms with Crippen molar-refractivity contribution in [2.24, 2.45) is 0 Å². The Hall–Kier alpha value is -1.46. The molecule has 0 fully saturated rings. The molecule has 1 heterocycles. The van der Waals surface area contributed by atoms with Crippen molar-refractivity contribution in [2.45, 2.75) is 38.6 Å². The van der Waals surface area contributed by atoms with Crippen LogP contribution in [0.4, 0.5) is 0 Å². The van der Waals surface area contributed by atoms with Crippen molar-refractivity contribution in [3.8, 4) is 0 Å². The molecule has 1 aromatic heterocycles. The van der Waals surface area contributed by atoms with E-state index in [4.69, 9.17) is 5.11 Å². The van der Waals surface area contributed by atoms with E-state index in [1.54, 1.807) is 11.3 Å². The van der Waals surface area contributed by atoms with E-state index in [9.17, 15) is 4.79 Å². The van der Waals surface area contributed by atoms with Gasteiger partial charge in [0.05, 0.1) is 15.2 Å². The number of rotatable bonds is 7. The van der Waals surface area contributed by atoms with E-state index in [1.165, 1.54) is 4.70 Å². The van der Waals surface area contributed by atoms with Crippen LogP contribution < -0.4 is 5.32 Å². The predicted octanol–water partition coefficient (Wildman–Crippen LogP) is 2.51. The number of nitrogens with zero attached hydrogens (tertiary/aromatic N) is 1. The van der Waals surface area contributed by atoms with E-state index in [-0.39, 0.29) is 18.6 Å². The summed E-state index contributed by atoms with van der Waals surface area (Å²) in [6.45, 7) is 2.01. The van der Waals surface area contributed by atoms with E-state index in [0.29, 0.717) is 12.8 Å². The van der Waals surface area contributed by atoms with Gasteiger partial charge < -0.3 is 10.4 Å². The molecule has 0 aliphatic heterocycles. The third kappa shape index (κ3) is 4.28. The van der Waals surface area contributed by atoms with Gasteiger partial charge in [-0.15, -0.1) is 11.3 Å². The lowest BCUT2D eigenvalue weighted by Crippen LogP contribution is -2.33. The number of aliphatic hydroxyl groups excluding tert-OH is 1. The van der Waals surface area contributed by atoms with Crippen LogP contribution in [0.2, 0.25) is 0 Å². The molecule has 0 radical (unpaired) electrons. The maximum Gasteiger partial charge on any atom is 0.220 e. The van der Waals surface area contributed by atoms with Crippen molar-refractivity contribution >= 4 is 27.5 Å². The number of aliphatic hydroxyl groups is 1. The summed E-state index contributed by atoms with van der Waals surface area (Å²) in [6.07, 6.45) is 2.74. The number of hydrogen-bond acceptors (Lipinski definition) is 4. The lowest BCUT2D eigenvalue weighted by atomic mass is 10.2. The van der Waals surface area contributed by atoms with Gasteiger partial charge in [0.25, 0.3) is 0 Å². The van der Waals surface area contributed by atoms with Crippen LogP contribution in [0.1, 0.15) is 31.2 Å². The molecule has 0 saturated heterocycles. The number of aryl methyl sites for hydroxylation is 1. The van der Waals surface area contributed by atoms with Gasteiger partial charge in [-0.05, 0) is 38.3 Å². The zero-order valence-corrected chi connectivity index (χ0v) is 12.4. The first-order chi connectivity index (χ1) is 9.69. The number of benzene rings is 1. The van der Waals surface area contributed by atoms with E-state index < -0.39 is 0 Å². The number of nitrogens with one attached hydrogen (secondary N) is 1. The van der Waals surface area contributed by atoms with Gasteiger partial charge in [-0.3, -0.25) is 4.79 Å². The van der Waals surface area contributed by atoms with Gasteiger partial charge >= 0.3 is 0 Å². The Kier molecular flexibility index (Phi) is 5.49. The molecule has 108 valence electrons. The number of para-hydroxylation sites is 1.